The molecule has 3 heteroatoms. The van der Waals surface area contributed by atoms with Gasteiger partial charge in [0.15, 0.2) is 0 Å². The Balaban J connectivity index is 2.24. The summed E-state index contributed by atoms with van der Waals surface area (Å²) in [7, 11) is 3.27. The molecule has 2 aromatic rings. The molecule has 0 bridgehead atoms. The molecule has 0 aliphatic carbocycles. The van der Waals surface area contributed by atoms with E-state index in [1.165, 1.54) is 0 Å². The molecule has 0 aliphatic rings. The molecule has 0 amide bonds. The summed E-state index contributed by atoms with van der Waals surface area (Å²) in [4.78, 5) is 11.7. The molecule has 1 unspecified atom stereocenters. The fraction of sp³-hybridized carbons (Fsp3) is 0.278. The third-order valence-corrected chi connectivity index (χ3v) is 3.74. The number of aldehydes is 1. The van der Waals surface area contributed by atoms with E-state index in [2.05, 4.69) is 0 Å². The van der Waals surface area contributed by atoms with Gasteiger partial charge in [-0.25, -0.2) is 0 Å². The van der Waals surface area contributed by atoms with Crippen LogP contribution in [-0.4, -0.2) is 20.5 Å². The van der Waals surface area contributed by atoms with Crippen molar-refractivity contribution in [2.45, 2.75) is 18.8 Å². The Bertz CT molecular complexity index is 587. The largest absolute Gasteiger partial charge is 0.497 e. The highest BCUT2D eigenvalue weighted by molar-refractivity contribution is 5.69. The molecule has 0 saturated heterocycles. The first-order valence-electron chi connectivity index (χ1n) is 6.85. The van der Waals surface area contributed by atoms with Crippen LogP contribution in [0.5, 0.6) is 11.5 Å². The van der Waals surface area contributed by atoms with Crippen molar-refractivity contribution < 1.29 is 14.3 Å². The highest BCUT2D eigenvalue weighted by Crippen LogP contribution is 2.28. The van der Waals surface area contributed by atoms with Gasteiger partial charge in [-0.15, -0.1) is 0 Å². The SMILES string of the molecule is COc1ccc(CC(C)(C=O)c2ccc(OC)cc2)cc1. The summed E-state index contributed by atoms with van der Waals surface area (Å²) in [6.45, 7) is 1.95. The topological polar surface area (TPSA) is 35.5 Å². The first-order chi connectivity index (χ1) is 10.1. The van der Waals surface area contributed by atoms with E-state index in [4.69, 9.17) is 9.47 Å². The van der Waals surface area contributed by atoms with Gasteiger partial charge < -0.3 is 14.3 Å². The van der Waals surface area contributed by atoms with Gasteiger partial charge in [-0.1, -0.05) is 24.3 Å². The molecule has 0 aromatic heterocycles. The van der Waals surface area contributed by atoms with Gasteiger partial charge in [0.25, 0.3) is 0 Å². The van der Waals surface area contributed by atoms with Gasteiger partial charge >= 0.3 is 0 Å². The van der Waals surface area contributed by atoms with E-state index in [1.54, 1.807) is 14.2 Å². The van der Waals surface area contributed by atoms with Crippen LogP contribution in [0.1, 0.15) is 18.1 Å². The molecule has 2 aromatic carbocycles. The van der Waals surface area contributed by atoms with E-state index in [1.807, 2.05) is 55.5 Å². The molecule has 3 nitrogen and oxygen atoms in total. The van der Waals surface area contributed by atoms with E-state index < -0.39 is 5.41 Å². The Kier molecular flexibility index (Phi) is 4.63. The predicted molar refractivity (Wildman–Crippen MR) is 83.1 cm³/mol. The number of benzene rings is 2. The lowest BCUT2D eigenvalue weighted by Crippen LogP contribution is -2.26. The zero-order valence-corrected chi connectivity index (χ0v) is 12.6. The fourth-order valence-electron chi connectivity index (χ4n) is 2.35. The maximum absolute atomic E-state index is 11.7. The highest BCUT2D eigenvalue weighted by atomic mass is 16.5. The van der Waals surface area contributed by atoms with Crippen LogP contribution in [0, 0.1) is 0 Å². The summed E-state index contributed by atoms with van der Waals surface area (Å²) < 4.78 is 10.3. The highest BCUT2D eigenvalue weighted by Gasteiger charge is 2.26. The molecule has 0 radical (unpaired) electrons. The maximum Gasteiger partial charge on any atom is 0.130 e. The summed E-state index contributed by atoms with van der Waals surface area (Å²) in [5.41, 5.74) is 1.52. The zero-order valence-electron chi connectivity index (χ0n) is 12.6. The van der Waals surface area contributed by atoms with E-state index >= 15 is 0 Å². The monoisotopic (exact) mass is 284 g/mol. The minimum Gasteiger partial charge on any atom is -0.497 e. The Hall–Kier alpha value is -2.29. The van der Waals surface area contributed by atoms with Crippen LogP contribution in [0.4, 0.5) is 0 Å². The molecule has 1 atom stereocenters. The number of hydrogen-bond donors (Lipinski definition) is 0. The Labute approximate surface area is 125 Å². The second-order valence-corrected chi connectivity index (χ2v) is 5.29. The number of carbonyl (C=O) groups is 1. The molecule has 0 aliphatic heterocycles. The van der Waals surface area contributed by atoms with Crippen molar-refractivity contribution in [2.75, 3.05) is 14.2 Å². The van der Waals surface area contributed by atoms with E-state index in [0.717, 1.165) is 28.9 Å². The first-order valence-corrected chi connectivity index (χ1v) is 6.85. The maximum atomic E-state index is 11.7. The second kappa shape index (κ2) is 6.44. The average Bonchev–Trinajstić information content (AvgIpc) is 2.55. The summed E-state index contributed by atoms with van der Waals surface area (Å²) in [5, 5.41) is 0. The van der Waals surface area contributed by atoms with Crippen molar-refractivity contribution in [1.29, 1.82) is 0 Å². The molecule has 0 spiro atoms. The summed E-state index contributed by atoms with van der Waals surface area (Å²) in [6.07, 6.45) is 1.66. The summed E-state index contributed by atoms with van der Waals surface area (Å²) >= 11 is 0. The van der Waals surface area contributed by atoms with Crippen LogP contribution >= 0.6 is 0 Å². The minimum absolute atomic E-state index is 0.555. The minimum atomic E-state index is -0.555. The van der Waals surface area contributed by atoms with Crippen molar-refractivity contribution >= 4 is 6.29 Å². The van der Waals surface area contributed by atoms with Crippen molar-refractivity contribution in [2.24, 2.45) is 0 Å². The van der Waals surface area contributed by atoms with Gasteiger partial charge in [-0.05, 0) is 48.7 Å². The van der Waals surface area contributed by atoms with Crippen molar-refractivity contribution in [3.63, 3.8) is 0 Å². The Morgan fingerprint density at radius 3 is 1.81 bits per heavy atom. The average molecular weight is 284 g/mol. The lowest BCUT2D eigenvalue weighted by molar-refractivity contribution is -0.112. The molecule has 0 fully saturated rings. The van der Waals surface area contributed by atoms with Gasteiger partial charge in [-0.3, -0.25) is 0 Å². The lowest BCUT2D eigenvalue weighted by atomic mass is 9.78. The normalized spacial score (nSPS) is 13.3. The van der Waals surface area contributed by atoms with Crippen LogP contribution in [-0.2, 0) is 16.6 Å². The molecule has 21 heavy (non-hydrogen) atoms. The Morgan fingerprint density at radius 1 is 0.905 bits per heavy atom. The standard InChI is InChI=1S/C18H20O3/c1-18(13-19,15-6-10-17(21-3)11-7-15)12-14-4-8-16(20-2)9-5-14/h4-11,13H,12H2,1-3H3. The molecular formula is C18H20O3. The van der Waals surface area contributed by atoms with Crippen LogP contribution in [0.15, 0.2) is 48.5 Å². The fourth-order valence-corrected chi connectivity index (χ4v) is 2.35. The molecule has 0 saturated carbocycles. The van der Waals surface area contributed by atoms with Crippen LogP contribution in [0.3, 0.4) is 0 Å². The first kappa shape index (κ1) is 15.1. The van der Waals surface area contributed by atoms with Crippen molar-refractivity contribution in [1.82, 2.24) is 0 Å². The number of hydrogen-bond acceptors (Lipinski definition) is 3. The Morgan fingerprint density at radius 2 is 1.38 bits per heavy atom. The lowest BCUT2D eigenvalue weighted by Gasteiger charge is -2.24. The molecular weight excluding hydrogens is 264 g/mol. The van der Waals surface area contributed by atoms with Gasteiger partial charge in [0.05, 0.1) is 19.6 Å². The van der Waals surface area contributed by atoms with Gasteiger partial charge in [-0.2, -0.15) is 0 Å². The second-order valence-electron chi connectivity index (χ2n) is 5.29. The summed E-state index contributed by atoms with van der Waals surface area (Å²) in [6, 6.07) is 15.4. The van der Waals surface area contributed by atoms with Crippen molar-refractivity contribution in [3.05, 3.63) is 59.7 Å². The van der Waals surface area contributed by atoms with Crippen molar-refractivity contribution in [3.8, 4) is 11.5 Å². The molecule has 110 valence electrons. The molecule has 0 heterocycles. The summed E-state index contributed by atoms with van der Waals surface area (Å²) in [5.74, 6) is 1.60. The third-order valence-electron chi connectivity index (χ3n) is 3.74. The van der Waals surface area contributed by atoms with Crippen LogP contribution in [0.25, 0.3) is 0 Å². The van der Waals surface area contributed by atoms with E-state index in [9.17, 15) is 4.79 Å². The molecule has 0 N–H and O–H groups in total. The number of ether oxygens (including phenoxy) is 2. The quantitative estimate of drug-likeness (QED) is 0.763. The number of methoxy groups -OCH3 is 2. The molecule has 2 rings (SSSR count). The van der Waals surface area contributed by atoms with Crippen LogP contribution < -0.4 is 9.47 Å². The number of carbonyl (C=O) groups excluding carboxylic acids is 1. The number of rotatable bonds is 6. The smallest absolute Gasteiger partial charge is 0.130 e. The predicted octanol–water partition coefficient (Wildman–Crippen LogP) is 3.40. The van der Waals surface area contributed by atoms with Gasteiger partial charge in [0.1, 0.15) is 17.8 Å². The van der Waals surface area contributed by atoms with Crippen LogP contribution in [0.2, 0.25) is 0 Å². The third kappa shape index (κ3) is 3.43. The van der Waals surface area contributed by atoms with E-state index in [0.29, 0.717) is 6.42 Å². The van der Waals surface area contributed by atoms with Gasteiger partial charge in [0.2, 0.25) is 0 Å². The zero-order chi connectivity index (χ0) is 15.3. The van der Waals surface area contributed by atoms with E-state index in [-0.39, 0.29) is 0 Å². The van der Waals surface area contributed by atoms with Gasteiger partial charge in [0, 0.05) is 0 Å².